The van der Waals surface area contributed by atoms with Gasteiger partial charge in [0.1, 0.15) is 10.0 Å². The lowest BCUT2D eigenvalue weighted by molar-refractivity contribution is 0.930. The summed E-state index contributed by atoms with van der Waals surface area (Å²) in [6.07, 6.45) is 1.78. The van der Waals surface area contributed by atoms with Crippen molar-refractivity contribution in [2.75, 3.05) is 0 Å². The Balaban J connectivity index is 1.69. The maximum atomic E-state index is 4.36. The third-order valence-electron chi connectivity index (χ3n) is 2.59. The lowest BCUT2D eigenvalue weighted by Crippen LogP contribution is -1.89. The second-order valence-electron chi connectivity index (χ2n) is 4.14. The standard InChI is InChI=1S/C14H12N4S2/c1-10-7-8-15-14(16-10)19-9-12-17-18-13(20-12)11-5-3-2-4-6-11/h2-8H,9H2,1H3. The number of aryl methyl sites for hydroxylation is 1. The molecule has 0 radical (unpaired) electrons. The van der Waals surface area contributed by atoms with Gasteiger partial charge in [0.05, 0.1) is 5.75 Å². The fraction of sp³-hybridized carbons (Fsp3) is 0.143. The number of rotatable bonds is 4. The van der Waals surface area contributed by atoms with Crippen LogP contribution in [0.3, 0.4) is 0 Å². The van der Waals surface area contributed by atoms with Crippen LogP contribution >= 0.6 is 23.1 Å². The molecule has 2 aromatic heterocycles. The molecule has 4 nitrogen and oxygen atoms in total. The van der Waals surface area contributed by atoms with Gasteiger partial charge in [-0.1, -0.05) is 53.4 Å². The normalized spacial score (nSPS) is 10.7. The Morgan fingerprint density at radius 2 is 1.95 bits per heavy atom. The van der Waals surface area contributed by atoms with Gasteiger partial charge in [-0.3, -0.25) is 0 Å². The molecular weight excluding hydrogens is 288 g/mol. The van der Waals surface area contributed by atoms with E-state index < -0.39 is 0 Å². The molecule has 0 bridgehead atoms. The average Bonchev–Trinajstić information content (AvgIpc) is 2.95. The van der Waals surface area contributed by atoms with Crippen LogP contribution in [0.4, 0.5) is 0 Å². The highest BCUT2D eigenvalue weighted by atomic mass is 32.2. The van der Waals surface area contributed by atoms with E-state index in [0.29, 0.717) is 0 Å². The van der Waals surface area contributed by atoms with E-state index in [1.54, 1.807) is 29.3 Å². The van der Waals surface area contributed by atoms with Gasteiger partial charge in [0.15, 0.2) is 5.16 Å². The van der Waals surface area contributed by atoms with Crippen LogP contribution in [0.1, 0.15) is 10.7 Å². The summed E-state index contributed by atoms with van der Waals surface area (Å²) in [5.74, 6) is 0.744. The number of hydrogen-bond acceptors (Lipinski definition) is 6. The van der Waals surface area contributed by atoms with Crippen LogP contribution in [0.25, 0.3) is 10.6 Å². The number of nitrogens with zero attached hydrogens (tertiary/aromatic N) is 4. The summed E-state index contributed by atoms with van der Waals surface area (Å²) >= 11 is 3.19. The Bertz CT molecular complexity index is 697. The Hall–Kier alpha value is -1.79. The van der Waals surface area contributed by atoms with Crippen LogP contribution in [0.5, 0.6) is 0 Å². The molecule has 20 heavy (non-hydrogen) atoms. The Morgan fingerprint density at radius 1 is 1.10 bits per heavy atom. The van der Waals surface area contributed by atoms with E-state index in [1.807, 2.05) is 43.3 Å². The average molecular weight is 300 g/mol. The van der Waals surface area contributed by atoms with Gasteiger partial charge in [-0.2, -0.15) is 0 Å². The number of benzene rings is 1. The topological polar surface area (TPSA) is 51.6 Å². The third kappa shape index (κ3) is 3.20. The lowest BCUT2D eigenvalue weighted by atomic mass is 10.2. The highest BCUT2D eigenvalue weighted by Gasteiger charge is 2.07. The second-order valence-corrected chi connectivity index (χ2v) is 6.14. The first-order valence-electron chi connectivity index (χ1n) is 6.11. The van der Waals surface area contributed by atoms with E-state index in [9.17, 15) is 0 Å². The van der Waals surface area contributed by atoms with Gasteiger partial charge < -0.3 is 0 Å². The summed E-state index contributed by atoms with van der Waals surface area (Å²) in [5, 5.41) is 11.2. The fourth-order valence-electron chi connectivity index (χ4n) is 1.63. The van der Waals surface area contributed by atoms with E-state index in [-0.39, 0.29) is 0 Å². The maximum absolute atomic E-state index is 4.36. The van der Waals surface area contributed by atoms with Gasteiger partial charge >= 0.3 is 0 Å². The Kier molecular flexibility index (Phi) is 4.03. The number of thioether (sulfide) groups is 1. The quantitative estimate of drug-likeness (QED) is 0.544. The van der Waals surface area contributed by atoms with E-state index in [0.717, 1.165) is 32.2 Å². The minimum Gasteiger partial charge on any atom is -0.231 e. The number of hydrogen-bond donors (Lipinski definition) is 0. The van der Waals surface area contributed by atoms with Crippen LogP contribution in [-0.4, -0.2) is 20.2 Å². The first kappa shape index (κ1) is 13.2. The minimum atomic E-state index is 0.744. The van der Waals surface area contributed by atoms with Gasteiger partial charge in [-0.25, -0.2) is 9.97 Å². The SMILES string of the molecule is Cc1ccnc(SCc2nnc(-c3ccccc3)s2)n1. The summed E-state index contributed by atoms with van der Waals surface area (Å²) < 4.78 is 0. The van der Waals surface area contributed by atoms with Crippen LogP contribution in [0.15, 0.2) is 47.8 Å². The molecule has 0 saturated heterocycles. The molecule has 100 valence electrons. The van der Waals surface area contributed by atoms with Crippen LogP contribution in [0.2, 0.25) is 0 Å². The molecule has 0 atom stereocenters. The van der Waals surface area contributed by atoms with Crippen molar-refractivity contribution in [3.63, 3.8) is 0 Å². The molecule has 0 aliphatic carbocycles. The summed E-state index contributed by atoms with van der Waals surface area (Å²) in [6.45, 7) is 1.96. The van der Waals surface area contributed by atoms with Crippen molar-refractivity contribution >= 4 is 23.1 Å². The predicted octanol–water partition coefficient (Wildman–Crippen LogP) is 3.60. The first-order valence-corrected chi connectivity index (χ1v) is 7.92. The summed E-state index contributed by atoms with van der Waals surface area (Å²) in [7, 11) is 0. The summed E-state index contributed by atoms with van der Waals surface area (Å²) in [4.78, 5) is 8.59. The van der Waals surface area contributed by atoms with E-state index >= 15 is 0 Å². The molecule has 1 aromatic carbocycles. The molecule has 0 fully saturated rings. The molecule has 6 heteroatoms. The van der Waals surface area contributed by atoms with Crippen molar-refractivity contribution in [3.8, 4) is 10.6 Å². The van der Waals surface area contributed by atoms with Gasteiger partial charge in [0, 0.05) is 17.5 Å². The van der Waals surface area contributed by atoms with Crippen molar-refractivity contribution in [2.24, 2.45) is 0 Å². The molecule has 0 aliphatic rings. The van der Waals surface area contributed by atoms with Crippen molar-refractivity contribution in [3.05, 3.63) is 53.3 Å². The lowest BCUT2D eigenvalue weighted by Gasteiger charge is -1.97. The zero-order valence-corrected chi connectivity index (χ0v) is 12.5. The Morgan fingerprint density at radius 3 is 2.75 bits per heavy atom. The molecule has 2 heterocycles. The highest BCUT2D eigenvalue weighted by Crippen LogP contribution is 2.26. The van der Waals surface area contributed by atoms with Crippen molar-refractivity contribution in [1.29, 1.82) is 0 Å². The van der Waals surface area contributed by atoms with Crippen molar-refractivity contribution in [2.45, 2.75) is 17.8 Å². The molecule has 3 aromatic rings. The van der Waals surface area contributed by atoms with Gasteiger partial charge in [-0.05, 0) is 13.0 Å². The molecule has 3 rings (SSSR count). The van der Waals surface area contributed by atoms with Crippen LogP contribution in [0, 0.1) is 6.92 Å². The third-order valence-corrected chi connectivity index (χ3v) is 4.61. The molecule has 0 spiro atoms. The molecule has 0 N–H and O–H groups in total. The van der Waals surface area contributed by atoms with Crippen molar-refractivity contribution in [1.82, 2.24) is 20.2 Å². The summed E-state index contributed by atoms with van der Waals surface area (Å²) in [5.41, 5.74) is 2.08. The molecule has 0 saturated carbocycles. The fourth-order valence-corrected chi connectivity index (χ4v) is 3.34. The van der Waals surface area contributed by atoms with Crippen LogP contribution < -0.4 is 0 Å². The highest BCUT2D eigenvalue weighted by molar-refractivity contribution is 7.98. The van der Waals surface area contributed by atoms with E-state index in [1.165, 1.54) is 0 Å². The molecule has 0 amide bonds. The smallest absolute Gasteiger partial charge is 0.188 e. The van der Waals surface area contributed by atoms with E-state index in [4.69, 9.17) is 0 Å². The second kappa shape index (κ2) is 6.11. The molecular formula is C14H12N4S2. The van der Waals surface area contributed by atoms with Gasteiger partial charge in [0.2, 0.25) is 0 Å². The van der Waals surface area contributed by atoms with Crippen molar-refractivity contribution < 1.29 is 0 Å². The molecule has 0 unspecified atom stereocenters. The zero-order chi connectivity index (χ0) is 13.8. The monoisotopic (exact) mass is 300 g/mol. The maximum Gasteiger partial charge on any atom is 0.188 e. The Labute approximate surface area is 125 Å². The largest absolute Gasteiger partial charge is 0.231 e. The van der Waals surface area contributed by atoms with Gasteiger partial charge in [0.25, 0.3) is 0 Å². The molecule has 0 aliphatic heterocycles. The summed E-state index contributed by atoms with van der Waals surface area (Å²) in [6, 6.07) is 12.0. The number of aromatic nitrogens is 4. The predicted molar refractivity (Wildman–Crippen MR) is 81.7 cm³/mol. The van der Waals surface area contributed by atoms with E-state index in [2.05, 4.69) is 20.2 Å². The minimum absolute atomic E-state index is 0.744. The van der Waals surface area contributed by atoms with Crippen LogP contribution in [-0.2, 0) is 5.75 Å². The first-order chi connectivity index (χ1) is 9.81. The zero-order valence-electron chi connectivity index (χ0n) is 10.9. The van der Waals surface area contributed by atoms with Gasteiger partial charge in [-0.15, -0.1) is 10.2 Å².